The van der Waals surface area contributed by atoms with Crippen LogP contribution in [0.1, 0.15) is 25.7 Å². The quantitative estimate of drug-likeness (QED) is 0.585. The zero-order valence-electron chi connectivity index (χ0n) is 6.76. The maximum Gasteiger partial charge on any atom is 0.0642 e. The van der Waals surface area contributed by atoms with E-state index in [0.717, 1.165) is 18.4 Å². The first-order valence-electron chi connectivity index (χ1n) is 4.59. The van der Waals surface area contributed by atoms with E-state index in [-0.39, 0.29) is 0 Å². The summed E-state index contributed by atoms with van der Waals surface area (Å²) in [5.41, 5.74) is 0. The van der Waals surface area contributed by atoms with Crippen LogP contribution in [0.15, 0.2) is 0 Å². The van der Waals surface area contributed by atoms with Gasteiger partial charge in [0.1, 0.15) is 0 Å². The number of hydrogen-bond donors (Lipinski definition) is 0. The zero-order chi connectivity index (χ0) is 7.68. The Bertz CT molecular complexity index is 134. The molecule has 0 N–H and O–H groups in total. The van der Waals surface area contributed by atoms with Gasteiger partial charge in [-0.15, -0.1) is 11.6 Å². The fourth-order valence-corrected chi connectivity index (χ4v) is 2.31. The molecule has 1 heterocycles. The third-order valence-electron chi connectivity index (χ3n) is 2.78. The van der Waals surface area contributed by atoms with Crippen molar-refractivity contribution < 1.29 is 4.74 Å². The van der Waals surface area contributed by atoms with Crippen molar-refractivity contribution in [3.63, 3.8) is 0 Å². The highest BCUT2D eigenvalue weighted by molar-refractivity contribution is 6.18. The molecule has 1 saturated carbocycles. The van der Waals surface area contributed by atoms with Crippen LogP contribution in [0, 0.1) is 11.8 Å². The molecule has 0 spiro atoms. The molecule has 2 heteroatoms. The van der Waals surface area contributed by atoms with E-state index in [2.05, 4.69) is 0 Å². The first-order chi connectivity index (χ1) is 5.42. The lowest BCUT2D eigenvalue weighted by atomic mass is 9.93. The number of alkyl halides is 1. The average Bonchev–Trinajstić information content (AvgIpc) is 2.87. The Morgan fingerprint density at radius 2 is 2.09 bits per heavy atom. The third-order valence-corrected chi connectivity index (χ3v) is 3.18. The van der Waals surface area contributed by atoms with Gasteiger partial charge in [-0.2, -0.15) is 0 Å². The first-order valence-corrected chi connectivity index (χ1v) is 5.13. The fraction of sp³-hybridized carbons (Fsp3) is 1.00. The topological polar surface area (TPSA) is 9.23 Å². The lowest BCUT2D eigenvalue weighted by molar-refractivity contribution is -0.0319. The molecular formula is C9H15ClO. The maximum absolute atomic E-state index is 5.87. The Labute approximate surface area is 73.1 Å². The van der Waals surface area contributed by atoms with Crippen molar-refractivity contribution in [3.05, 3.63) is 0 Å². The van der Waals surface area contributed by atoms with Crippen LogP contribution in [0.2, 0.25) is 0 Å². The summed E-state index contributed by atoms with van der Waals surface area (Å²) in [5.74, 6) is 2.30. The van der Waals surface area contributed by atoms with E-state index in [1.165, 1.54) is 25.7 Å². The molecule has 1 aliphatic carbocycles. The maximum atomic E-state index is 5.87. The molecule has 1 nitrogen and oxygen atoms in total. The second-order valence-electron chi connectivity index (χ2n) is 3.73. The van der Waals surface area contributed by atoms with E-state index < -0.39 is 0 Å². The molecule has 0 aromatic carbocycles. The van der Waals surface area contributed by atoms with Gasteiger partial charge < -0.3 is 4.74 Å². The standard InChI is InChI=1S/C9H15ClO/c10-6-8-2-1-5-11-9(8)7-3-4-7/h7-9H,1-6H2. The van der Waals surface area contributed by atoms with Crippen molar-refractivity contribution in [2.24, 2.45) is 11.8 Å². The predicted octanol–water partition coefficient (Wildman–Crippen LogP) is 2.43. The average molecular weight is 175 g/mol. The van der Waals surface area contributed by atoms with Gasteiger partial charge in [0.2, 0.25) is 0 Å². The van der Waals surface area contributed by atoms with Crippen LogP contribution in [0.5, 0.6) is 0 Å². The molecule has 2 atom stereocenters. The van der Waals surface area contributed by atoms with Crippen LogP contribution in [0.25, 0.3) is 0 Å². The Morgan fingerprint density at radius 3 is 2.73 bits per heavy atom. The lowest BCUT2D eigenvalue weighted by Crippen LogP contribution is -2.32. The molecule has 2 rings (SSSR count). The molecule has 2 fully saturated rings. The summed E-state index contributed by atoms with van der Waals surface area (Å²) in [7, 11) is 0. The SMILES string of the molecule is ClCC1CCCOC1C1CC1. The highest BCUT2D eigenvalue weighted by Crippen LogP contribution is 2.40. The molecular weight excluding hydrogens is 160 g/mol. The first kappa shape index (κ1) is 7.88. The van der Waals surface area contributed by atoms with E-state index >= 15 is 0 Å². The Balaban J connectivity index is 1.91. The second kappa shape index (κ2) is 3.32. The van der Waals surface area contributed by atoms with Crippen molar-refractivity contribution in [2.75, 3.05) is 12.5 Å². The van der Waals surface area contributed by atoms with Crippen molar-refractivity contribution in [1.82, 2.24) is 0 Å². The molecule has 2 unspecified atom stereocenters. The Hall–Kier alpha value is 0.250. The van der Waals surface area contributed by atoms with Crippen molar-refractivity contribution >= 4 is 11.6 Å². The molecule has 1 saturated heterocycles. The molecule has 64 valence electrons. The minimum Gasteiger partial charge on any atom is -0.378 e. The summed E-state index contributed by atoms with van der Waals surface area (Å²) in [4.78, 5) is 0. The van der Waals surface area contributed by atoms with Gasteiger partial charge in [-0.05, 0) is 37.5 Å². The summed E-state index contributed by atoms with van der Waals surface area (Å²) in [5, 5.41) is 0. The van der Waals surface area contributed by atoms with Crippen molar-refractivity contribution in [1.29, 1.82) is 0 Å². The van der Waals surface area contributed by atoms with E-state index in [9.17, 15) is 0 Å². The van der Waals surface area contributed by atoms with Crippen LogP contribution < -0.4 is 0 Å². The van der Waals surface area contributed by atoms with E-state index in [4.69, 9.17) is 16.3 Å². The number of halogens is 1. The molecule has 1 aliphatic heterocycles. The summed E-state index contributed by atoms with van der Waals surface area (Å²) < 4.78 is 5.72. The van der Waals surface area contributed by atoms with E-state index in [1.807, 2.05) is 0 Å². The second-order valence-corrected chi connectivity index (χ2v) is 4.04. The van der Waals surface area contributed by atoms with Crippen LogP contribution in [0.3, 0.4) is 0 Å². The molecule has 0 bridgehead atoms. The molecule has 11 heavy (non-hydrogen) atoms. The molecule has 0 aromatic rings. The summed E-state index contributed by atoms with van der Waals surface area (Å²) in [6.45, 7) is 0.967. The number of hydrogen-bond acceptors (Lipinski definition) is 1. The van der Waals surface area contributed by atoms with Crippen LogP contribution in [0.4, 0.5) is 0 Å². The lowest BCUT2D eigenvalue weighted by Gasteiger charge is -2.30. The molecule has 0 aromatic heterocycles. The van der Waals surface area contributed by atoms with Gasteiger partial charge in [0, 0.05) is 12.5 Å². The highest BCUT2D eigenvalue weighted by atomic mass is 35.5. The zero-order valence-corrected chi connectivity index (χ0v) is 7.52. The van der Waals surface area contributed by atoms with Gasteiger partial charge in [0.05, 0.1) is 6.10 Å². The van der Waals surface area contributed by atoms with Crippen LogP contribution in [-0.4, -0.2) is 18.6 Å². The number of ether oxygens (including phenoxy) is 1. The van der Waals surface area contributed by atoms with Gasteiger partial charge in [-0.1, -0.05) is 0 Å². The normalized spacial score (nSPS) is 39.0. The Kier molecular flexibility index (Phi) is 2.38. The minimum atomic E-state index is 0.515. The van der Waals surface area contributed by atoms with Crippen LogP contribution in [-0.2, 0) is 4.74 Å². The minimum absolute atomic E-state index is 0.515. The van der Waals surface area contributed by atoms with Gasteiger partial charge in [0.25, 0.3) is 0 Å². The van der Waals surface area contributed by atoms with Crippen LogP contribution >= 0.6 is 11.6 Å². The molecule has 0 radical (unpaired) electrons. The fourth-order valence-electron chi connectivity index (χ4n) is 1.98. The largest absolute Gasteiger partial charge is 0.378 e. The smallest absolute Gasteiger partial charge is 0.0642 e. The van der Waals surface area contributed by atoms with Gasteiger partial charge in [-0.3, -0.25) is 0 Å². The predicted molar refractivity (Wildman–Crippen MR) is 45.9 cm³/mol. The van der Waals surface area contributed by atoms with E-state index in [1.54, 1.807) is 0 Å². The van der Waals surface area contributed by atoms with Crippen molar-refractivity contribution in [2.45, 2.75) is 31.8 Å². The van der Waals surface area contributed by atoms with Gasteiger partial charge in [0.15, 0.2) is 0 Å². The van der Waals surface area contributed by atoms with E-state index in [0.29, 0.717) is 12.0 Å². The molecule has 2 aliphatic rings. The Morgan fingerprint density at radius 1 is 1.27 bits per heavy atom. The number of rotatable bonds is 2. The molecule has 0 amide bonds. The van der Waals surface area contributed by atoms with Gasteiger partial charge >= 0.3 is 0 Å². The monoisotopic (exact) mass is 174 g/mol. The van der Waals surface area contributed by atoms with Crippen molar-refractivity contribution in [3.8, 4) is 0 Å². The summed E-state index contributed by atoms with van der Waals surface area (Å²) >= 11 is 5.87. The van der Waals surface area contributed by atoms with Gasteiger partial charge in [-0.25, -0.2) is 0 Å². The highest BCUT2D eigenvalue weighted by Gasteiger charge is 2.38. The summed E-state index contributed by atoms with van der Waals surface area (Å²) in [6.07, 6.45) is 5.75. The third kappa shape index (κ3) is 1.70. The summed E-state index contributed by atoms with van der Waals surface area (Å²) in [6, 6.07) is 0.